The first-order valence-electron chi connectivity index (χ1n) is 5.83. The maximum Gasteiger partial charge on any atom is 0.276 e. The first-order valence-corrected chi connectivity index (χ1v) is 7.27. The molecule has 0 radical (unpaired) electrons. The van der Waals surface area contributed by atoms with Crippen LogP contribution in [0.5, 0.6) is 0 Å². The molecule has 1 fully saturated rings. The number of nitrogens with zero attached hydrogens (tertiary/aromatic N) is 1. The lowest BCUT2D eigenvalue weighted by Crippen LogP contribution is -2.38. The van der Waals surface area contributed by atoms with Crippen LogP contribution in [0.25, 0.3) is 0 Å². The van der Waals surface area contributed by atoms with Gasteiger partial charge in [-0.25, -0.2) is 8.42 Å². The van der Waals surface area contributed by atoms with Crippen LogP contribution in [-0.2, 0) is 16.6 Å². The average molecular weight is 258 g/mol. The molecule has 0 saturated carbocycles. The third-order valence-corrected chi connectivity index (χ3v) is 4.79. The first kappa shape index (κ1) is 12.6. The summed E-state index contributed by atoms with van der Waals surface area (Å²) in [5, 5.41) is 0.00653. The molecule has 17 heavy (non-hydrogen) atoms. The predicted octanol–water partition coefficient (Wildman–Crippen LogP) is 1.16. The van der Waals surface area contributed by atoms with E-state index in [2.05, 4.69) is 6.92 Å². The first-order chi connectivity index (χ1) is 8.04. The number of furan rings is 1. The summed E-state index contributed by atoms with van der Waals surface area (Å²) < 4.78 is 31.2. The van der Waals surface area contributed by atoms with Gasteiger partial charge in [0.25, 0.3) is 10.0 Å². The van der Waals surface area contributed by atoms with Gasteiger partial charge in [-0.05, 0) is 30.9 Å². The van der Waals surface area contributed by atoms with Crippen LogP contribution in [0.2, 0.25) is 0 Å². The molecule has 1 aromatic rings. The monoisotopic (exact) mass is 258 g/mol. The van der Waals surface area contributed by atoms with Crippen molar-refractivity contribution in [3.05, 3.63) is 17.9 Å². The fourth-order valence-electron chi connectivity index (χ4n) is 2.10. The molecule has 96 valence electrons. The summed E-state index contributed by atoms with van der Waals surface area (Å²) in [6.07, 6.45) is 1.99. The molecule has 1 aromatic heterocycles. The highest BCUT2D eigenvalue weighted by Crippen LogP contribution is 2.24. The number of hydrogen-bond donors (Lipinski definition) is 1. The number of hydrogen-bond acceptors (Lipinski definition) is 4. The lowest BCUT2D eigenvalue weighted by atomic mass is 10.0. The maximum atomic E-state index is 12.3. The smallest absolute Gasteiger partial charge is 0.276 e. The summed E-state index contributed by atoms with van der Waals surface area (Å²) in [6.45, 7) is 3.42. The van der Waals surface area contributed by atoms with Crippen LogP contribution in [-0.4, -0.2) is 25.8 Å². The molecule has 0 aliphatic carbocycles. The van der Waals surface area contributed by atoms with E-state index in [0.717, 1.165) is 12.8 Å². The van der Waals surface area contributed by atoms with Crippen molar-refractivity contribution >= 4 is 10.0 Å². The van der Waals surface area contributed by atoms with Crippen molar-refractivity contribution in [3.8, 4) is 0 Å². The molecule has 1 unspecified atom stereocenters. The number of piperidine rings is 1. The molecular weight excluding hydrogens is 240 g/mol. The van der Waals surface area contributed by atoms with Gasteiger partial charge in [0, 0.05) is 13.1 Å². The SMILES string of the molecule is CC1CCCN(S(=O)(=O)c2ccc(CN)o2)C1. The minimum atomic E-state index is -3.47. The summed E-state index contributed by atoms with van der Waals surface area (Å²) in [6, 6.07) is 3.09. The van der Waals surface area contributed by atoms with Gasteiger partial charge >= 0.3 is 0 Å². The third-order valence-electron chi connectivity index (χ3n) is 3.05. The number of nitrogens with two attached hydrogens (primary N) is 1. The molecule has 5 nitrogen and oxygen atoms in total. The Morgan fingerprint density at radius 2 is 2.29 bits per heavy atom. The van der Waals surface area contributed by atoms with Crippen LogP contribution < -0.4 is 5.73 Å². The topological polar surface area (TPSA) is 76.5 Å². The van der Waals surface area contributed by atoms with E-state index in [4.69, 9.17) is 10.2 Å². The Labute approximate surface area is 102 Å². The molecule has 1 aliphatic rings. The fraction of sp³-hybridized carbons (Fsp3) is 0.636. The van der Waals surface area contributed by atoms with Crippen LogP contribution in [0.15, 0.2) is 21.6 Å². The Bertz CT molecular complexity index is 481. The van der Waals surface area contributed by atoms with Crippen LogP contribution in [0.3, 0.4) is 0 Å². The van der Waals surface area contributed by atoms with E-state index in [1.165, 1.54) is 10.4 Å². The van der Waals surface area contributed by atoms with Crippen molar-refractivity contribution in [1.82, 2.24) is 4.31 Å². The highest BCUT2D eigenvalue weighted by atomic mass is 32.2. The molecular formula is C11H18N2O3S. The van der Waals surface area contributed by atoms with Crippen LogP contribution in [0.4, 0.5) is 0 Å². The van der Waals surface area contributed by atoms with Crippen LogP contribution in [0, 0.1) is 5.92 Å². The van der Waals surface area contributed by atoms with Gasteiger partial charge in [-0.15, -0.1) is 0 Å². The van der Waals surface area contributed by atoms with Crippen molar-refractivity contribution in [2.75, 3.05) is 13.1 Å². The molecule has 0 amide bonds. The molecule has 1 aliphatic heterocycles. The van der Waals surface area contributed by atoms with E-state index in [1.54, 1.807) is 6.07 Å². The zero-order valence-electron chi connectivity index (χ0n) is 9.93. The lowest BCUT2D eigenvalue weighted by molar-refractivity contribution is 0.273. The van der Waals surface area contributed by atoms with E-state index >= 15 is 0 Å². The Kier molecular flexibility index (Phi) is 3.56. The van der Waals surface area contributed by atoms with Crippen LogP contribution in [0.1, 0.15) is 25.5 Å². The summed E-state index contributed by atoms with van der Waals surface area (Å²) >= 11 is 0. The molecule has 0 bridgehead atoms. The van der Waals surface area contributed by atoms with E-state index in [0.29, 0.717) is 24.8 Å². The van der Waals surface area contributed by atoms with Gasteiger partial charge in [-0.3, -0.25) is 0 Å². The lowest BCUT2D eigenvalue weighted by Gasteiger charge is -2.29. The van der Waals surface area contributed by atoms with Gasteiger partial charge in [-0.2, -0.15) is 4.31 Å². The second kappa shape index (κ2) is 4.80. The van der Waals surface area contributed by atoms with Gasteiger partial charge in [0.05, 0.1) is 6.54 Å². The Balaban J connectivity index is 2.23. The Morgan fingerprint density at radius 3 is 2.88 bits per heavy atom. The predicted molar refractivity (Wildman–Crippen MR) is 63.8 cm³/mol. The molecule has 1 saturated heterocycles. The summed E-state index contributed by atoms with van der Waals surface area (Å²) in [5.41, 5.74) is 5.40. The van der Waals surface area contributed by atoms with Crippen molar-refractivity contribution in [2.24, 2.45) is 11.7 Å². The van der Waals surface area contributed by atoms with E-state index in [1.807, 2.05) is 0 Å². The average Bonchev–Trinajstić information content (AvgIpc) is 2.78. The number of rotatable bonds is 3. The van der Waals surface area contributed by atoms with Crippen molar-refractivity contribution < 1.29 is 12.8 Å². The largest absolute Gasteiger partial charge is 0.447 e. The summed E-state index contributed by atoms with van der Waals surface area (Å²) in [5.74, 6) is 0.899. The van der Waals surface area contributed by atoms with Gasteiger partial charge in [0.15, 0.2) is 0 Å². The standard InChI is InChI=1S/C11H18N2O3S/c1-9-3-2-6-13(8-9)17(14,15)11-5-4-10(7-12)16-11/h4-5,9H,2-3,6-8,12H2,1H3. The van der Waals surface area contributed by atoms with Crippen molar-refractivity contribution in [1.29, 1.82) is 0 Å². The van der Waals surface area contributed by atoms with E-state index in [9.17, 15) is 8.42 Å². The Hall–Kier alpha value is -0.850. The highest BCUT2D eigenvalue weighted by molar-refractivity contribution is 7.89. The fourth-order valence-corrected chi connectivity index (χ4v) is 3.63. The van der Waals surface area contributed by atoms with Gasteiger partial charge in [0.1, 0.15) is 5.76 Å². The molecule has 6 heteroatoms. The van der Waals surface area contributed by atoms with E-state index in [-0.39, 0.29) is 11.6 Å². The van der Waals surface area contributed by atoms with Gasteiger partial charge in [0.2, 0.25) is 5.09 Å². The Morgan fingerprint density at radius 1 is 1.53 bits per heavy atom. The third kappa shape index (κ3) is 2.53. The quantitative estimate of drug-likeness (QED) is 0.882. The zero-order chi connectivity index (χ0) is 12.5. The maximum absolute atomic E-state index is 12.3. The van der Waals surface area contributed by atoms with Crippen molar-refractivity contribution in [2.45, 2.75) is 31.4 Å². The van der Waals surface area contributed by atoms with Gasteiger partial charge < -0.3 is 10.2 Å². The minimum Gasteiger partial charge on any atom is -0.447 e. The number of sulfonamides is 1. The van der Waals surface area contributed by atoms with Crippen LogP contribution >= 0.6 is 0 Å². The normalized spacial score (nSPS) is 22.8. The molecule has 1 atom stereocenters. The van der Waals surface area contributed by atoms with E-state index < -0.39 is 10.0 Å². The zero-order valence-corrected chi connectivity index (χ0v) is 10.7. The highest BCUT2D eigenvalue weighted by Gasteiger charge is 2.30. The van der Waals surface area contributed by atoms with Gasteiger partial charge in [-0.1, -0.05) is 6.92 Å². The second-order valence-corrected chi connectivity index (χ2v) is 6.40. The minimum absolute atomic E-state index is 0.00653. The second-order valence-electron chi connectivity index (χ2n) is 4.54. The summed E-state index contributed by atoms with van der Waals surface area (Å²) in [4.78, 5) is 0. The molecule has 2 N–H and O–H groups in total. The molecule has 0 aromatic carbocycles. The van der Waals surface area contributed by atoms with Crippen molar-refractivity contribution in [3.63, 3.8) is 0 Å². The summed E-state index contributed by atoms with van der Waals surface area (Å²) in [7, 11) is -3.47. The molecule has 0 spiro atoms. The molecule has 2 rings (SSSR count). The molecule has 2 heterocycles.